The van der Waals surface area contributed by atoms with E-state index in [-0.39, 0.29) is 0 Å². The van der Waals surface area contributed by atoms with Crippen molar-refractivity contribution in [3.05, 3.63) is 149 Å². The fourth-order valence-corrected chi connectivity index (χ4v) is 5.74. The summed E-state index contributed by atoms with van der Waals surface area (Å²) in [4.78, 5) is 38.2. The van der Waals surface area contributed by atoms with Crippen LogP contribution in [0.5, 0.6) is 0 Å². The van der Waals surface area contributed by atoms with Gasteiger partial charge in [-0.15, -0.1) is 0 Å². The summed E-state index contributed by atoms with van der Waals surface area (Å²) in [5.74, 6) is 0.0491. The van der Waals surface area contributed by atoms with Crippen molar-refractivity contribution in [3.63, 3.8) is 0 Å². The molecule has 2 amide bonds. The standard InChI is InChI=1S/C34H30N4O2/c1-24-13-12-20-29(25(24)2)37-21-22-38(32(40)31(37)39)30-23-35-33(36-30)34(26-14-6-3-7-15-26,27-16-8-4-9-17-27)28-18-10-5-11-19-28/h3-20,23H,21-22H2,1-2H3,(H,35,36). The molecule has 4 aromatic carbocycles. The summed E-state index contributed by atoms with van der Waals surface area (Å²) in [5.41, 5.74) is 5.20. The molecule has 0 unspecified atom stereocenters. The molecule has 1 N–H and O–H groups in total. The predicted octanol–water partition coefficient (Wildman–Crippen LogP) is 5.79. The summed E-state index contributed by atoms with van der Waals surface area (Å²) in [6.45, 7) is 4.73. The van der Waals surface area contributed by atoms with Crippen LogP contribution in [0.2, 0.25) is 0 Å². The topological polar surface area (TPSA) is 69.3 Å². The maximum absolute atomic E-state index is 13.5. The van der Waals surface area contributed by atoms with Gasteiger partial charge in [-0.3, -0.25) is 14.5 Å². The number of aryl methyl sites for hydroxylation is 1. The number of aromatic amines is 1. The Morgan fingerprint density at radius 2 is 1.15 bits per heavy atom. The van der Waals surface area contributed by atoms with Crippen molar-refractivity contribution in [2.45, 2.75) is 19.3 Å². The van der Waals surface area contributed by atoms with Crippen LogP contribution in [0.1, 0.15) is 33.6 Å². The van der Waals surface area contributed by atoms with Crippen molar-refractivity contribution in [2.24, 2.45) is 0 Å². The largest absolute Gasteiger partial charge is 0.327 e. The van der Waals surface area contributed by atoms with Gasteiger partial charge in [-0.05, 0) is 47.7 Å². The second-order valence-electron chi connectivity index (χ2n) is 10.1. The number of hydrogen-bond acceptors (Lipinski definition) is 3. The van der Waals surface area contributed by atoms with E-state index in [1.807, 2.05) is 86.6 Å². The van der Waals surface area contributed by atoms with Crippen LogP contribution in [0, 0.1) is 13.8 Å². The van der Waals surface area contributed by atoms with E-state index in [4.69, 9.17) is 4.98 Å². The molecule has 1 saturated heterocycles. The van der Waals surface area contributed by atoms with Crippen LogP contribution in [0.15, 0.2) is 115 Å². The van der Waals surface area contributed by atoms with Crippen molar-refractivity contribution < 1.29 is 9.59 Å². The van der Waals surface area contributed by atoms with Gasteiger partial charge < -0.3 is 9.88 Å². The average molecular weight is 527 g/mol. The number of amides is 2. The number of H-pyrrole nitrogens is 1. The van der Waals surface area contributed by atoms with Gasteiger partial charge in [-0.2, -0.15) is 0 Å². The average Bonchev–Trinajstić information content (AvgIpc) is 3.48. The van der Waals surface area contributed by atoms with Crippen LogP contribution < -0.4 is 9.80 Å². The molecule has 0 bridgehead atoms. The van der Waals surface area contributed by atoms with Crippen molar-refractivity contribution in [3.8, 4) is 0 Å². The predicted molar refractivity (Wildman–Crippen MR) is 158 cm³/mol. The Balaban J connectivity index is 1.44. The van der Waals surface area contributed by atoms with Crippen molar-refractivity contribution >= 4 is 23.3 Å². The lowest BCUT2D eigenvalue weighted by Crippen LogP contribution is -2.55. The normalized spacial score (nSPS) is 14.1. The third-order valence-corrected chi connectivity index (χ3v) is 7.92. The lowest BCUT2D eigenvalue weighted by Gasteiger charge is -2.35. The van der Waals surface area contributed by atoms with Gasteiger partial charge in [-0.1, -0.05) is 103 Å². The zero-order valence-corrected chi connectivity index (χ0v) is 22.5. The summed E-state index contributed by atoms with van der Waals surface area (Å²) < 4.78 is 0. The quantitative estimate of drug-likeness (QED) is 0.225. The van der Waals surface area contributed by atoms with Gasteiger partial charge in [0.05, 0.1) is 6.20 Å². The van der Waals surface area contributed by atoms with Crippen LogP contribution in [0.4, 0.5) is 11.5 Å². The number of anilines is 2. The molecule has 1 fully saturated rings. The third-order valence-electron chi connectivity index (χ3n) is 7.92. The molecule has 6 heteroatoms. The van der Waals surface area contributed by atoms with E-state index < -0.39 is 17.2 Å². The van der Waals surface area contributed by atoms with E-state index in [1.54, 1.807) is 11.1 Å². The maximum Gasteiger partial charge on any atom is 0.318 e. The number of imidazole rings is 1. The summed E-state index contributed by atoms with van der Waals surface area (Å²) in [7, 11) is 0. The fraction of sp³-hybridized carbons (Fsp3) is 0.147. The molecular weight excluding hydrogens is 496 g/mol. The first kappa shape index (κ1) is 25.3. The zero-order valence-electron chi connectivity index (χ0n) is 22.5. The van der Waals surface area contributed by atoms with Gasteiger partial charge in [0, 0.05) is 18.8 Å². The molecule has 1 aromatic heterocycles. The summed E-state index contributed by atoms with van der Waals surface area (Å²) in [6, 6.07) is 36.5. The Morgan fingerprint density at radius 3 is 1.70 bits per heavy atom. The zero-order chi connectivity index (χ0) is 27.7. The summed E-state index contributed by atoms with van der Waals surface area (Å²) in [5, 5.41) is 0. The molecule has 0 radical (unpaired) electrons. The number of piperazine rings is 1. The van der Waals surface area contributed by atoms with Gasteiger partial charge in [0.1, 0.15) is 17.1 Å². The van der Waals surface area contributed by atoms with Crippen LogP contribution in [0.25, 0.3) is 0 Å². The Morgan fingerprint density at radius 1 is 0.650 bits per heavy atom. The minimum absolute atomic E-state index is 0.356. The highest BCUT2D eigenvalue weighted by atomic mass is 16.2. The molecular formula is C34H30N4O2. The van der Waals surface area contributed by atoms with Crippen LogP contribution in [-0.2, 0) is 15.0 Å². The van der Waals surface area contributed by atoms with E-state index in [9.17, 15) is 9.59 Å². The molecule has 1 aliphatic rings. The smallest absolute Gasteiger partial charge is 0.318 e. The molecule has 1 aliphatic heterocycles. The highest BCUT2D eigenvalue weighted by Gasteiger charge is 2.42. The van der Waals surface area contributed by atoms with E-state index in [1.165, 1.54) is 4.90 Å². The number of nitrogens with zero attached hydrogens (tertiary/aromatic N) is 3. The lowest BCUT2D eigenvalue weighted by atomic mass is 9.69. The summed E-state index contributed by atoms with van der Waals surface area (Å²) >= 11 is 0. The monoisotopic (exact) mass is 526 g/mol. The minimum atomic E-state index is -0.768. The van der Waals surface area contributed by atoms with Gasteiger partial charge >= 0.3 is 11.8 Å². The second kappa shape index (κ2) is 10.3. The van der Waals surface area contributed by atoms with E-state index in [0.717, 1.165) is 33.5 Å². The molecule has 2 heterocycles. The molecule has 0 saturated carbocycles. The molecule has 0 atom stereocenters. The molecule has 6 nitrogen and oxygen atoms in total. The Kier molecular flexibility index (Phi) is 6.52. The van der Waals surface area contributed by atoms with Crippen molar-refractivity contribution in [2.75, 3.05) is 22.9 Å². The third kappa shape index (κ3) is 4.09. The second-order valence-corrected chi connectivity index (χ2v) is 10.1. The molecule has 5 aromatic rings. The highest BCUT2D eigenvalue weighted by Crippen LogP contribution is 2.44. The highest BCUT2D eigenvalue weighted by molar-refractivity contribution is 6.45. The Labute approximate surface area is 233 Å². The molecule has 40 heavy (non-hydrogen) atoms. The number of benzene rings is 4. The first-order chi connectivity index (χ1) is 19.5. The van der Waals surface area contributed by atoms with Gasteiger partial charge in [0.15, 0.2) is 0 Å². The number of carbonyl (C=O) groups is 2. The number of hydrogen-bond donors (Lipinski definition) is 1. The van der Waals surface area contributed by atoms with Crippen LogP contribution in [-0.4, -0.2) is 34.9 Å². The number of carbonyl (C=O) groups excluding carboxylic acids is 2. The van der Waals surface area contributed by atoms with Gasteiger partial charge in [0.25, 0.3) is 0 Å². The molecule has 0 aliphatic carbocycles. The number of nitrogens with one attached hydrogen (secondary N) is 1. The van der Waals surface area contributed by atoms with E-state index in [2.05, 4.69) is 41.4 Å². The lowest BCUT2D eigenvalue weighted by molar-refractivity contribution is -0.136. The van der Waals surface area contributed by atoms with Crippen molar-refractivity contribution in [1.29, 1.82) is 0 Å². The SMILES string of the molecule is Cc1cccc(N2CCN(c3cnc(C(c4ccccc4)(c4ccccc4)c4ccccc4)[nH]3)C(=O)C2=O)c1C. The molecule has 0 spiro atoms. The number of rotatable bonds is 6. The molecule has 198 valence electrons. The first-order valence-corrected chi connectivity index (χ1v) is 13.4. The molecule has 6 rings (SSSR count). The Bertz CT molecular complexity index is 1570. The van der Waals surface area contributed by atoms with E-state index >= 15 is 0 Å². The summed E-state index contributed by atoms with van der Waals surface area (Å²) in [6.07, 6.45) is 1.66. The van der Waals surface area contributed by atoms with Crippen LogP contribution >= 0.6 is 0 Å². The fourth-order valence-electron chi connectivity index (χ4n) is 5.74. The van der Waals surface area contributed by atoms with Crippen LogP contribution in [0.3, 0.4) is 0 Å². The van der Waals surface area contributed by atoms with E-state index in [0.29, 0.717) is 24.7 Å². The van der Waals surface area contributed by atoms with Crippen molar-refractivity contribution in [1.82, 2.24) is 9.97 Å². The van der Waals surface area contributed by atoms with Gasteiger partial charge in [0.2, 0.25) is 0 Å². The number of aromatic nitrogens is 2. The maximum atomic E-state index is 13.5. The van der Waals surface area contributed by atoms with Gasteiger partial charge in [-0.25, -0.2) is 4.98 Å². The minimum Gasteiger partial charge on any atom is -0.327 e. The first-order valence-electron chi connectivity index (χ1n) is 13.4. The Hall–Kier alpha value is -4.97.